The van der Waals surface area contributed by atoms with Crippen LogP contribution in [-0.4, -0.2) is 16.3 Å². The molecule has 0 spiro atoms. The first-order valence-electron chi connectivity index (χ1n) is 8.55. The minimum Gasteiger partial charge on any atom is -0.494 e. The van der Waals surface area contributed by atoms with Crippen LogP contribution in [-0.2, 0) is 6.54 Å². The number of benzene rings is 2. The van der Waals surface area contributed by atoms with Crippen molar-refractivity contribution >= 4 is 28.2 Å². The molecule has 3 aromatic rings. The molecule has 0 aliphatic carbocycles. The third-order valence-electron chi connectivity index (χ3n) is 4.29. The van der Waals surface area contributed by atoms with Gasteiger partial charge in [-0.3, -0.25) is 0 Å². The monoisotopic (exact) mass is 372 g/mol. The van der Waals surface area contributed by atoms with Gasteiger partial charge in [-0.05, 0) is 53.4 Å². The zero-order valence-corrected chi connectivity index (χ0v) is 15.5. The van der Waals surface area contributed by atoms with Gasteiger partial charge < -0.3 is 14.4 Å². The molecule has 5 nitrogen and oxygen atoms in total. The summed E-state index contributed by atoms with van der Waals surface area (Å²) in [7, 11) is 0. The highest BCUT2D eigenvalue weighted by molar-refractivity contribution is 6.31. The summed E-state index contributed by atoms with van der Waals surface area (Å²) in [5.74, 6) is 1.26. The van der Waals surface area contributed by atoms with Gasteiger partial charge in [-0.25, -0.2) is 0 Å². The molecule has 0 aliphatic heterocycles. The first-order valence-corrected chi connectivity index (χ1v) is 8.93. The lowest BCUT2D eigenvalue weighted by Gasteiger charge is -2.10. The standard InChI is InChI=1S/C20H21ClN2O3/c1-13(2)9-10-26-16-6-3-14(4-7-16)12-23-18-8-5-15(21)11-17(18)19(22-25)20(23)24/h3-8,11,13,24H,9-10,12H2,1-2H3. The van der Waals surface area contributed by atoms with E-state index in [1.807, 2.05) is 24.3 Å². The molecular weight excluding hydrogens is 352 g/mol. The molecule has 0 atom stereocenters. The molecule has 0 saturated carbocycles. The van der Waals surface area contributed by atoms with Gasteiger partial charge in [0.25, 0.3) is 0 Å². The highest BCUT2D eigenvalue weighted by Gasteiger charge is 2.18. The Morgan fingerprint density at radius 3 is 2.58 bits per heavy atom. The summed E-state index contributed by atoms with van der Waals surface area (Å²) in [4.78, 5) is 11.1. The van der Waals surface area contributed by atoms with Gasteiger partial charge in [-0.15, -0.1) is 4.91 Å². The number of nitrogens with zero attached hydrogens (tertiary/aromatic N) is 2. The van der Waals surface area contributed by atoms with Crippen LogP contribution in [0.25, 0.3) is 10.9 Å². The van der Waals surface area contributed by atoms with Gasteiger partial charge in [0.2, 0.25) is 5.88 Å². The normalized spacial score (nSPS) is 11.2. The number of nitroso groups, excluding NO2 is 1. The van der Waals surface area contributed by atoms with E-state index in [0.717, 1.165) is 17.7 Å². The van der Waals surface area contributed by atoms with Crippen molar-refractivity contribution in [3.8, 4) is 11.6 Å². The molecule has 0 amide bonds. The van der Waals surface area contributed by atoms with Crippen molar-refractivity contribution in [3.63, 3.8) is 0 Å². The number of hydrogen-bond acceptors (Lipinski definition) is 4. The van der Waals surface area contributed by atoms with Gasteiger partial charge in [0.05, 0.1) is 18.7 Å². The Hall–Kier alpha value is -2.53. The van der Waals surface area contributed by atoms with Gasteiger partial charge in [-0.1, -0.05) is 37.6 Å². The number of hydrogen-bond donors (Lipinski definition) is 1. The first kappa shape index (κ1) is 18.3. The molecule has 3 rings (SSSR count). The minimum absolute atomic E-state index is 0.0103. The molecule has 1 N–H and O–H groups in total. The maximum atomic E-state index is 11.1. The molecule has 1 aromatic heterocycles. The third kappa shape index (κ3) is 3.83. The molecular formula is C20H21ClN2O3. The maximum absolute atomic E-state index is 11.1. The van der Waals surface area contributed by atoms with E-state index in [9.17, 15) is 10.0 Å². The lowest BCUT2D eigenvalue weighted by Crippen LogP contribution is -2.02. The summed E-state index contributed by atoms with van der Waals surface area (Å²) in [6.07, 6.45) is 1.01. The number of fused-ring (bicyclic) bond motifs is 1. The molecule has 6 heteroatoms. The van der Waals surface area contributed by atoms with Crippen molar-refractivity contribution in [2.45, 2.75) is 26.8 Å². The van der Waals surface area contributed by atoms with E-state index in [0.29, 0.717) is 35.0 Å². The average Bonchev–Trinajstić information content (AvgIpc) is 2.86. The maximum Gasteiger partial charge on any atom is 0.222 e. The number of ether oxygens (including phenoxy) is 1. The summed E-state index contributed by atoms with van der Waals surface area (Å²) in [6, 6.07) is 12.8. The van der Waals surface area contributed by atoms with Crippen LogP contribution in [0.3, 0.4) is 0 Å². The zero-order valence-electron chi connectivity index (χ0n) is 14.8. The average molecular weight is 373 g/mol. The number of aromatic hydroxyl groups is 1. The van der Waals surface area contributed by atoms with Crippen LogP contribution < -0.4 is 4.74 Å². The summed E-state index contributed by atoms with van der Waals surface area (Å²) in [6.45, 7) is 5.42. The summed E-state index contributed by atoms with van der Waals surface area (Å²) < 4.78 is 7.37. The van der Waals surface area contributed by atoms with Crippen LogP contribution in [0.2, 0.25) is 5.02 Å². The van der Waals surface area contributed by atoms with Gasteiger partial charge in [0, 0.05) is 10.4 Å². The van der Waals surface area contributed by atoms with Crippen LogP contribution in [0.5, 0.6) is 11.6 Å². The van der Waals surface area contributed by atoms with Crippen molar-refractivity contribution in [1.29, 1.82) is 0 Å². The Morgan fingerprint density at radius 2 is 1.92 bits per heavy atom. The lowest BCUT2D eigenvalue weighted by molar-refractivity contribution is 0.289. The molecule has 26 heavy (non-hydrogen) atoms. The molecule has 0 bridgehead atoms. The molecule has 0 unspecified atom stereocenters. The smallest absolute Gasteiger partial charge is 0.222 e. The largest absolute Gasteiger partial charge is 0.494 e. The Bertz CT molecular complexity index is 917. The van der Waals surface area contributed by atoms with E-state index in [1.165, 1.54) is 0 Å². The number of rotatable bonds is 7. The van der Waals surface area contributed by atoms with Crippen molar-refractivity contribution in [2.75, 3.05) is 6.61 Å². The van der Waals surface area contributed by atoms with Gasteiger partial charge in [-0.2, -0.15) is 0 Å². The second kappa shape index (κ2) is 7.79. The highest BCUT2D eigenvalue weighted by Crippen LogP contribution is 2.40. The van der Waals surface area contributed by atoms with Gasteiger partial charge in [0.15, 0.2) is 5.69 Å². The topological polar surface area (TPSA) is 63.8 Å². The van der Waals surface area contributed by atoms with Crippen LogP contribution in [0, 0.1) is 10.8 Å². The zero-order chi connectivity index (χ0) is 18.7. The quantitative estimate of drug-likeness (QED) is 0.527. The second-order valence-electron chi connectivity index (χ2n) is 6.69. The van der Waals surface area contributed by atoms with Crippen LogP contribution in [0.1, 0.15) is 25.8 Å². The van der Waals surface area contributed by atoms with Crippen LogP contribution >= 0.6 is 11.6 Å². The fourth-order valence-electron chi connectivity index (χ4n) is 2.83. The third-order valence-corrected chi connectivity index (χ3v) is 4.53. The van der Waals surface area contributed by atoms with Gasteiger partial charge >= 0.3 is 0 Å². The Kier molecular flexibility index (Phi) is 5.47. The van der Waals surface area contributed by atoms with E-state index in [-0.39, 0.29) is 11.6 Å². The van der Waals surface area contributed by atoms with Crippen LogP contribution in [0.15, 0.2) is 47.6 Å². The molecule has 0 fully saturated rings. The van der Waals surface area contributed by atoms with Crippen molar-refractivity contribution < 1.29 is 9.84 Å². The molecule has 0 radical (unpaired) electrons. The SMILES string of the molecule is CC(C)CCOc1ccc(Cn2c(O)c(N=O)c3cc(Cl)ccc32)cc1. The Labute approximate surface area is 157 Å². The van der Waals surface area contributed by atoms with Crippen LogP contribution in [0.4, 0.5) is 5.69 Å². The molecule has 136 valence electrons. The van der Waals surface area contributed by atoms with Crippen molar-refractivity contribution in [1.82, 2.24) is 4.57 Å². The van der Waals surface area contributed by atoms with E-state index in [2.05, 4.69) is 19.0 Å². The minimum atomic E-state index is -0.158. The number of halogens is 1. The first-order chi connectivity index (χ1) is 12.5. The van der Waals surface area contributed by atoms with Crippen molar-refractivity contribution in [2.24, 2.45) is 11.1 Å². The second-order valence-corrected chi connectivity index (χ2v) is 7.12. The van der Waals surface area contributed by atoms with E-state index in [1.54, 1.807) is 22.8 Å². The van der Waals surface area contributed by atoms with E-state index >= 15 is 0 Å². The molecule has 2 aromatic carbocycles. The summed E-state index contributed by atoms with van der Waals surface area (Å²) >= 11 is 6.00. The summed E-state index contributed by atoms with van der Waals surface area (Å²) in [5.41, 5.74) is 1.69. The lowest BCUT2D eigenvalue weighted by atomic mass is 10.1. The molecule has 0 saturated heterocycles. The van der Waals surface area contributed by atoms with E-state index in [4.69, 9.17) is 16.3 Å². The number of aromatic nitrogens is 1. The van der Waals surface area contributed by atoms with E-state index < -0.39 is 0 Å². The molecule has 0 aliphatic rings. The van der Waals surface area contributed by atoms with Gasteiger partial charge in [0.1, 0.15) is 5.75 Å². The fourth-order valence-corrected chi connectivity index (χ4v) is 3.00. The predicted octanol–water partition coefficient (Wildman–Crippen LogP) is 5.87. The predicted molar refractivity (Wildman–Crippen MR) is 105 cm³/mol. The Balaban J connectivity index is 1.83. The fraction of sp³-hybridized carbons (Fsp3) is 0.300. The highest BCUT2D eigenvalue weighted by atomic mass is 35.5. The van der Waals surface area contributed by atoms with Crippen molar-refractivity contribution in [3.05, 3.63) is 58.0 Å². The molecule has 1 heterocycles. The summed E-state index contributed by atoms with van der Waals surface area (Å²) in [5, 5.41) is 14.4. The Morgan fingerprint density at radius 1 is 1.19 bits per heavy atom.